The van der Waals surface area contributed by atoms with Gasteiger partial charge in [-0.1, -0.05) is 115 Å². The quantitative estimate of drug-likeness (QED) is 0.221. The average Bonchev–Trinajstić information content (AvgIpc) is 3.64. The van der Waals surface area contributed by atoms with Crippen LogP contribution >= 0.6 is 0 Å². The smallest absolute Gasteiger partial charge is 0.143 e. The number of aromatic nitrogens is 1. The Kier molecular flexibility index (Phi) is 5.82. The summed E-state index contributed by atoms with van der Waals surface area (Å²) in [6.45, 7) is 0. The Bertz CT molecular complexity index is 2510. The molecule has 2 aromatic heterocycles. The van der Waals surface area contributed by atoms with Crippen LogP contribution in [0.25, 0.3) is 71.7 Å². The van der Waals surface area contributed by atoms with Crippen molar-refractivity contribution in [1.82, 2.24) is 4.57 Å². The van der Waals surface area contributed by atoms with Crippen molar-refractivity contribution in [2.24, 2.45) is 0 Å². The van der Waals surface area contributed by atoms with Crippen LogP contribution in [0.3, 0.4) is 0 Å². The first kappa shape index (κ1) is 25.4. The molecule has 0 unspecified atom stereocenters. The second-order valence-corrected chi connectivity index (χ2v) is 11.5. The molecule has 0 spiro atoms. The average molecular weight is 577 g/mol. The molecule has 9 aromatic rings. The number of rotatable bonds is 5. The molecule has 0 saturated heterocycles. The Labute approximate surface area is 260 Å². The minimum Gasteiger partial charge on any atom is -0.455 e. The summed E-state index contributed by atoms with van der Waals surface area (Å²) >= 11 is 0. The molecule has 212 valence electrons. The number of nitrogens with zero attached hydrogens (tertiary/aromatic N) is 1. The molecule has 0 saturated carbocycles. The van der Waals surface area contributed by atoms with Crippen molar-refractivity contribution in [3.05, 3.63) is 164 Å². The van der Waals surface area contributed by atoms with Crippen LogP contribution < -0.4 is 5.32 Å². The van der Waals surface area contributed by atoms with E-state index in [1.807, 2.05) is 12.1 Å². The third-order valence-electron chi connectivity index (χ3n) is 8.77. The third kappa shape index (κ3) is 4.21. The molecule has 45 heavy (non-hydrogen) atoms. The highest BCUT2D eigenvalue weighted by Gasteiger charge is 2.19. The molecule has 1 N–H and O–H groups in total. The molecule has 3 nitrogen and oxygen atoms in total. The van der Waals surface area contributed by atoms with Gasteiger partial charge in [-0.2, -0.15) is 0 Å². The monoisotopic (exact) mass is 576 g/mol. The number of para-hydroxylation sites is 4. The fourth-order valence-electron chi connectivity index (χ4n) is 6.72. The van der Waals surface area contributed by atoms with Crippen molar-refractivity contribution in [1.29, 1.82) is 0 Å². The van der Waals surface area contributed by atoms with Gasteiger partial charge in [0.2, 0.25) is 0 Å². The van der Waals surface area contributed by atoms with Crippen LogP contribution in [-0.2, 0) is 0 Å². The summed E-state index contributed by atoms with van der Waals surface area (Å²) in [5.41, 5.74) is 11.8. The largest absolute Gasteiger partial charge is 0.455 e. The molecule has 0 amide bonds. The van der Waals surface area contributed by atoms with Crippen molar-refractivity contribution in [2.45, 2.75) is 0 Å². The molecule has 3 heteroatoms. The van der Waals surface area contributed by atoms with Crippen LogP contribution in [0, 0.1) is 0 Å². The fraction of sp³-hybridized carbons (Fsp3) is 0. The zero-order chi connectivity index (χ0) is 29.7. The maximum absolute atomic E-state index is 6.56. The van der Waals surface area contributed by atoms with Gasteiger partial charge < -0.3 is 14.3 Å². The maximum Gasteiger partial charge on any atom is 0.143 e. The van der Waals surface area contributed by atoms with Gasteiger partial charge in [0, 0.05) is 49.7 Å². The van der Waals surface area contributed by atoms with Crippen molar-refractivity contribution >= 4 is 55.1 Å². The van der Waals surface area contributed by atoms with Crippen LogP contribution in [0.15, 0.2) is 168 Å². The van der Waals surface area contributed by atoms with E-state index < -0.39 is 0 Å². The van der Waals surface area contributed by atoms with E-state index in [9.17, 15) is 0 Å². The van der Waals surface area contributed by atoms with Gasteiger partial charge in [0.1, 0.15) is 11.2 Å². The SMILES string of the molecule is c1ccc(-c2cccc(Nc3cc4c(cc3-c3cccc5c3oc3ccccc35)c3ccccc3n4-c3ccccc3)c2)cc1. The summed E-state index contributed by atoms with van der Waals surface area (Å²) in [6, 6.07) is 57.8. The summed E-state index contributed by atoms with van der Waals surface area (Å²) < 4.78 is 8.92. The zero-order valence-corrected chi connectivity index (χ0v) is 24.4. The Morgan fingerprint density at radius 2 is 1.13 bits per heavy atom. The Morgan fingerprint density at radius 3 is 2.00 bits per heavy atom. The summed E-state index contributed by atoms with van der Waals surface area (Å²) in [6.07, 6.45) is 0. The van der Waals surface area contributed by atoms with Gasteiger partial charge in [0.05, 0.1) is 11.0 Å². The predicted molar refractivity (Wildman–Crippen MR) is 189 cm³/mol. The minimum absolute atomic E-state index is 0.894. The van der Waals surface area contributed by atoms with Crippen LogP contribution in [0.4, 0.5) is 11.4 Å². The molecule has 9 rings (SSSR count). The van der Waals surface area contributed by atoms with Gasteiger partial charge in [-0.3, -0.25) is 0 Å². The molecular weight excluding hydrogens is 548 g/mol. The van der Waals surface area contributed by atoms with Gasteiger partial charge in [-0.05, 0) is 59.7 Å². The van der Waals surface area contributed by atoms with Crippen molar-refractivity contribution < 1.29 is 4.42 Å². The highest BCUT2D eigenvalue weighted by Crippen LogP contribution is 2.43. The van der Waals surface area contributed by atoms with Crippen molar-refractivity contribution in [3.63, 3.8) is 0 Å². The van der Waals surface area contributed by atoms with Crippen molar-refractivity contribution in [3.8, 4) is 27.9 Å². The van der Waals surface area contributed by atoms with E-state index in [1.54, 1.807) is 0 Å². The summed E-state index contributed by atoms with van der Waals surface area (Å²) in [4.78, 5) is 0. The summed E-state index contributed by atoms with van der Waals surface area (Å²) in [5, 5.41) is 8.49. The van der Waals surface area contributed by atoms with Crippen LogP contribution in [-0.4, -0.2) is 4.57 Å². The van der Waals surface area contributed by atoms with Crippen molar-refractivity contribution in [2.75, 3.05) is 5.32 Å². The van der Waals surface area contributed by atoms with Gasteiger partial charge >= 0.3 is 0 Å². The lowest BCUT2D eigenvalue weighted by Crippen LogP contribution is -1.97. The lowest BCUT2D eigenvalue weighted by molar-refractivity contribution is 0.670. The normalized spacial score (nSPS) is 11.6. The molecule has 0 atom stereocenters. The summed E-state index contributed by atoms with van der Waals surface area (Å²) in [5.74, 6) is 0. The number of hydrogen-bond acceptors (Lipinski definition) is 2. The Balaban J connectivity index is 1.33. The first-order valence-corrected chi connectivity index (χ1v) is 15.3. The molecular formula is C42H28N2O. The summed E-state index contributed by atoms with van der Waals surface area (Å²) in [7, 11) is 0. The molecule has 2 heterocycles. The van der Waals surface area contributed by atoms with Crippen LogP contribution in [0.2, 0.25) is 0 Å². The lowest BCUT2D eigenvalue weighted by atomic mass is 9.98. The number of hydrogen-bond donors (Lipinski definition) is 1. The highest BCUT2D eigenvalue weighted by atomic mass is 16.3. The molecule has 7 aromatic carbocycles. The lowest BCUT2D eigenvalue weighted by Gasteiger charge is -2.16. The zero-order valence-electron chi connectivity index (χ0n) is 24.4. The van der Waals surface area contributed by atoms with Gasteiger partial charge in [0.25, 0.3) is 0 Å². The fourth-order valence-corrected chi connectivity index (χ4v) is 6.72. The number of fused-ring (bicyclic) bond motifs is 6. The predicted octanol–water partition coefficient (Wildman–Crippen LogP) is 11.8. The number of furan rings is 1. The van der Waals surface area contributed by atoms with E-state index in [1.165, 1.54) is 27.4 Å². The second kappa shape index (κ2) is 10.3. The van der Waals surface area contributed by atoms with E-state index in [4.69, 9.17) is 4.42 Å². The van der Waals surface area contributed by atoms with Gasteiger partial charge in [0.15, 0.2) is 0 Å². The van der Waals surface area contributed by atoms with Crippen LogP contribution in [0.1, 0.15) is 0 Å². The molecule has 0 aliphatic heterocycles. The molecule has 0 radical (unpaired) electrons. The van der Waals surface area contributed by atoms with E-state index in [2.05, 4.69) is 162 Å². The topological polar surface area (TPSA) is 30.1 Å². The molecule has 0 aliphatic carbocycles. The van der Waals surface area contributed by atoms with Crippen LogP contribution in [0.5, 0.6) is 0 Å². The van der Waals surface area contributed by atoms with E-state index in [0.29, 0.717) is 0 Å². The first-order valence-electron chi connectivity index (χ1n) is 15.3. The Hall–Kier alpha value is -6.06. The standard InChI is InChI=1S/C42H28N2O/c1-3-13-28(14-4-1)29-15-11-16-30(25-29)43-38-27-40-37(32-19-7-9-23-39(32)44(40)31-17-5-2-6-18-31)26-36(38)35-22-12-21-34-33-20-8-10-24-41(33)45-42(34)35/h1-27,43H. The molecule has 0 fully saturated rings. The molecule has 0 bridgehead atoms. The second-order valence-electron chi connectivity index (χ2n) is 11.5. The van der Waals surface area contributed by atoms with E-state index in [0.717, 1.165) is 55.6 Å². The highest BCUT2D eigenvalue weighted by molar-refractivity contribution is 6.15. The van der Waals surface area contributed by atoms with E-state index in [-0.39, 0.29) is 0 Å². The maximum atomic E-state index is 6.56. The number of anilines is 2. The molecule has 0 aliphatic rings. The minimum atomic E-state index is 0.894. The van der Waals surface area contributed by atoms with Gasteiger partial charge in [-0.25, -0.2) is 0 Å². The first-order chi connectivity index (χ1) is 22.3. The van der Waals surface area contributed by atoms with E-state index >= 15 is 0 Å². The Morgan fingerprint density at radius 1 is 0.444 bits per heavy atom. The van der Waals surface area contributed by atoms with Gasteiger partial charge in [-0.15, -0.1) is 0 Å². The number of benzene rings is 7. The number of nitrogens with one attached hydrogen (secondary N) is 1. The third-order valence-corrected chi connectivity index (χ3v) is 8.77.